The maximum absolute atomic E-state index is 11.9. The number of hydrogen-bond donors (Lipinski definition) is 2. The normalized spacial score (nSPS) is 12.9. The number of hydrazine groups is 1. The zero-order chi connectivity index (χ0) is 12.3. The second-order valence-electron chi connectivity index (χ2n) is 3.54. The van der Waals surface area contributed by atoms with Gasteiger partial charge in [0.25, 0.3) is 5.91 Å². The Kier molecular flexibility index (Phi) is 3.07. The third-order valence-corrected chi connectivity index (χ3v) is 2.39. The molecule has 0 radical (unpaired) electrons. The summed E-state index contributed by atoms with van der Waals surface area (Å²) in [5.41, 5.74) is 0.935. The molecule has 0 spiro atoms. The van der Waals surface area contributed by atoms with Gasteiger partial charge in [-0.1, -0.05) is 30.4 Å². The number of amides is 1. The molecule has 17 heavy (non-hydrogen) atoms. The van der Waals surface area contributed by atoms with Gasteiger partial charge in [0.15, 0.2) is 0 Å². The Balaban J connectivity index is 2.24. The molecule has 0 bridgehead atoms. The number of benzene rings is 1. The van der Waals surface area contributed by atoms with Crippen LogP contribution in [0.1, 0.15) is 10.4 Å². The van der Waals surface area contributed by atoms with Crippen molar-refractivity contribution in [2.24, 2.45) is 5.84 Å². The van der Waals surface area contributed by atoms with Crippen LogP contribution >= 0.6 is 0 Å². The fourth-order valence-electron chi connectivity index (χ4n) is 1.48. The van der Waals surface area contributed by atoms with E-state index in [9.17, 15) is 9.90 Å². The Morgan fingerprint density at radius 1 is 1.12 bits per heavy atom. The average Bonchev–Trinajstić information content (AvgIpc) is 2.91. The topological polar surface area (TPSA) is 66.6 Å². The van der Waals surface area contributed by atoms with E-state index in [-0.39, 0.29) is 5.88 Å². The first-order valence-electron chi connectivity index (χ1n) is 5.12. The Bertz CT molecular complexity index is 501. The highest BCUT2D eigenvalue weighted by Gasteiger charge is 2.17. The first kappa shape index (κ1) is 11.2. The summed E-state index contributed by atoms with van der Waals surface area (Å²) < 4.78 is 0. The standard InChI is InChI=1S/C13H12N2O2/c14-15(13(17)11-8-4-5-9-11)12(16)10-6-2-1-3-7-10/h1-9,17H,14H2. The molecule has 0 saturated heterocycles. The lowest BCUT2D eigenvalue weighted by atomic mass is 10.2. The van der Waals surface area contributed by atoms with Crippen LogP contribution in [-0.4, -0.2) is 16.0 Å². The number of nitrogens with two attached hydrogens (primary N) is 1. The van der Waals surface area contributed by atoms with Gasteiger partial charge < -0.3 is 5.11 Å². The van der Waals surface area contributed by atoms with Crippen molar-refractivity contribution in [2.75, 3.05) is 0 Å². The van der Waals surface area contributed by atoms with Gasteiger partial charge in [-0.25, -0.2) is 10.9 Å². The van der Waals surface area contributed by atoms with Crippen LogP contribution in [0.2, 0.25) is 0 Å². The summed E-state index contributed by atoms with van der Waals surface area (Å²) in [6.45, 7) is 0. The van der Waals surface area contributed by atoms with E-state index < -0.39 is 5.91 Å². The van der Waals surface area contributed by atoms with E-state index in [1.54, 1.807) is 54.6 Å². The number of rotatable bonds is 2. The minimum Gasteiger partial charge on any atom is -0.493 e. The van der Waals surface area contributed by atoms with Crippen LogP contribution in [0.3, 0.4) is 0 Å². The third kappa shape index (κ3) is 2.26. The van der Waals surface area contributed by atoms with Crippen molar-refractivity contribution in [3.63, 3.8) is 0 Å². The molecular formula is C13H12N2O2. The van der Waals surface area contributed by atoms with E-state index in [2.05, 4.69) is 0 Å². The largest absolute Gasteiger partial charge is 0.493 e. The zero-order valence-corrected chi connectivity index (χ0v) is 9.08. The van der Waals surface area contributed by atoms with Gasteiger partial charge in [0.05, 0.1) is 0 Å². The highest BCUT2D eigenvalue weighted by atomic mass is 16.3. The molecule has 1 aromatic carbocycles. The van der Waals surface area contributed by atoms with Gasteiger partial charge in [0.1, 0.15) is 0 Å². The molecule has 1 aliphatic rings. The average molecular weight is 228 g/mol. The Morgan fingerprint density at radius 3 is 2.29 bits per heavy atom. The molecule has 4 heteroatoms. The van der Waals surface area contributed by atoms with Crippen molar-refractivity contribution in [1.29, 1.82) is 0 Å². The van der Waals surface area contributed by atoms with Crippen molar-refractivity contribution < 1.29 is 9.90 Å². The van der Waals surface area contributed by atoms with Crippen molar-refractivity contribution in [3.05, 3.63) is 71.7 Å². The number of carbonyl (C=O) groups excluding carboxylic acids is 1. The van der Waals surface area contributed by atoms with Crippen molar-refractivity contribution in [1.82, 2.24) is 5.01 Å². The third-order valence-electron chi connectivity index (χ3n) is 2.39. The monoisotopic (exact) mass is 228 g/mol. The van der Waals surface area contributed by atoms with Crippen LogP contribution in [-0.2, 0) is 0 Å². The Labute approximate surface area is 98.9 Å². The van der Waals surface area contributed by atoms with Crippen LogP contribution in [0.4, 0.5) is 0 Å². The van der Waals surface area contributed by atoms with Gasteiger partial charge in [-0.05, 0) is 24.3 Å². The number of allylic oxidation sites excluding steroid dienone is 5. The summed E-state index contributed by atoms with van der Waals surface area (Å²) in [5.74, 6) is 4.87. The molecule has 0 aliphatic heterocycles. The van der Waals surface area contributed by atoms with Crippen LogP contribution in [0.15, 0.2) is 66.1 Å². The summed E-state index contributed by atoms with van der Waals surface area (Å²) in [6.07, 6.45) is 6.86. The maximum Gasteiger partial charge on any atom is 0.274 e. The molecule has 4 nitrogen and oxygen atoms in total. The molecular weight excluding hydrogens is 216 g/mol. The predicted octanol–water partition coefficient (Wildman–Crippen LogP) is 1.90. The molecule has 0 saturated carbocycles. The summed E-state index contributed by atoms with van der Waals surface area (Å²) in [7, 11) is 0. The highest BCUT2D eigenvalue weighted by Crippen LogP contribution is 2.14. The zero-order valence-electron chi connectivity index (χ0n) is 9.08. The lowest BCUT2D eigenvalue weighted by Gasteiger charge is -2.16. The van der Waals surface area contributed by atoms with Crippen LogP contribution in [0.5, 0.6) is 0 Å². The van der Waals surface area contributed by atoms with Crippen molar-refractivity contribution in [3.8, 4) is 0 Å². The van der Waals surface area contributed by atoms with Crippen molar-refractivity contribution in [2.45, 2.75) is 0 Å². The SMILES string of the molecule is NN(C(=O)c1ccccc1)C(O)=C1C=CC=C1. The first-order chi connectivity index (χ1) is 8.20. The maximum atomic E-state index is 11.9. The Hall–Kier alpha value is -2.33. The molecule has 0 aromatic heterocycles. The predicted molar refractivity (Wildman–Crippen MR) is 64.7 cm³/mol. The van der Waals surface area contributed by atoms with E-state index >= 15 is 0 Å². The number of nitrogens with zero attached hydrogens (tertiary/aromatic N) is 1. The van der Waals surface area contributed by atoms with Gasteiger partial charge in [-0.15, -0.1) is 0 Å². The number of hydrogen-bond acceptors (Lipinski definition) is 3. The number of aliphatic hydroxyl groups excluding tert-OH is 1. The summed E-state index contributed by atoms with van der Waals surface area (Å²) in [5, 5.41) is 10.5. The molecule has 0 atom stereocenters. The Morgan fingerprint density at radius 2 is 1.71 bits per heavy atom. The van der Waals surface area contributed by atoms with Gasteiger partial charge in [0.2, 0.25) is 5.88 Å². The van der Waals surface area contributed by atoms with Gasteiger partial charge >= 0.3 is 0 Å². The fourth-order valence-corrected chi connectivity index (χ4v) is 1.48. The lowest BCUT2D eigenvalue weighted by molar-refractivity contribution is 0.0724. The summed E-state index contributed by atoms with van der Waals surface area (Å²) in [4.78, 5) is 11.9. The molecule has 3 N–H and O–H groups in total. The van der Waals surface area contributed by atoms with Gasteiger partial charge in [-0.3, -0.25) is 4.79 Å². The fraction of sp³-hybridized carbons (Fsp3) is 0. The highest BCUT2D eigenvalue weighted by molar-refractivity contribution is 5.94. The van der Waals surface area contributed by atoms with Crippen LogP contribution < -0.4 is 5.84 Å². The molecule has 86 valence electrons. The molecule has 0 fully saturated rings. The molecule has 1 aromatic rings. The second kappa shape index (κ2) is 4.67. The second-order valence-corrected chi connectivity index (χ2v) is 3.54. The summed E-state index contributed by atoms with van der Waals surface area (Å²) >= 11 is 0. The van der Waals surface area contributed by atoms with Crippen LogP contribution in [0, 0.1) is 0 Å². The number of carbonyl (C=O) groups is 1. The van der Waals surface area contributed by atoms with E-state index in [1.807, 2.05) is 0 Å². The van der Waals surface area contributed by atoms with Gasteiger partial charge in [0, 0.05) is 11.1 Å². The van der Waals surface area contributed by atoms with Gasteiger partial charge in [-0.2, -0.15) is 0 Å². The van der Waals surface area contributed by atoms with Crippen LogP contribution in [0.25, 0.3) is 0 Å². The van der Waals surface area contributed by atoms with E-state index in [1.165, 1.54) is 0 Å². The lowest BCUT2D eigenvalue weighted by Crippen LogP contribution is -2.37. The molecule has 0 heterocycles. The van der Waals surface area contributed by atoms with Crippen molar-refractivity contribution >= 4 is 5.91 Å². The molecule has 2 rings (SSSR count). The van der Waals surface area contributed by atoms with E-state index in [0.717, 1.165) is 5.01 Å². The first-order valence-corrected chi connectivity index (χ1v) is 5.12. The van der Waals surface area contributed by atoms with E-state index in [4.69, 9.17) is 5.84 Å². The van der Waals surface area contributed by atoms with E-state index in [0.29, 0.717) is 11.1 Å². The molecule has 1 aliphatic carbocycles. The molecule has 1 amide bonds. The minimum absolute atomic E-state index is 0.260. The summed E-state index contributed by atoms with van der Waals surface area (Å²) in [6, 6.07) is 8.56. The minimum atomic E-state index is -0.454. The molecule has 0 unspecified atom stereocenters. The number of aliphatic hydroxyl groups is 1. The smallest absolute Gasteiger partial charge is 0.274 e. The quantitative estimate of drug-likeness (QED) is 0.351.